The molecule has 0 aliphatic rings. The highest BCUT2D eigenvalue weighted by atomic mass is 35.5. The highest BCUT2D eigenvalue weighted by molar-refractivity contribution is 7.89. The van der Waals surface area contributed by atoms with Crippen molar-refractivity contribution in [2.75, 3.05) is 18.5 Å². The first kappa shape index (κ1) is 40.4. The first-order valence-electron chi connectivity index (χ1n) is 17.2. The van der Waals surface area contributed by atoms with E-state index in [1.807, 2.05) is 33.8 Å². The molecule has 10 heteroatoms. The van der Waals surface area contributed by atoms with Crippen molar-refractivity contribution in [2.45, 2.75) is 135 Å². The van der Waals surface area contributed by atoms with E-state index in [2.05, 4.69) is 17.0 Å². The van der Waals surface area contributed by atoms with Crippen LogP contribution in [0.1, 0.15) is 124 Å². The molecule has 2 aromatic rings. The minimum absolute atomic E-state index is 0.0257. The Bertz CT molecular complexity index is 1390. The van der Waals surface area contributed by atoms with Gasteiger partial charge in [0.05, 0.1) is 22.2 Å². The summed E-state index contributed by atoms with van der Waals surface area (Å²) in [4.78, 5) is 11.9. The van der Waals surface area contributed by atoms with E-state index in [1.54, 1.807) is 25.1 Å². The molecular weight excluding hydrogens is 636 g/mol. The van der Waals surface area contributed by atoms with Crippen LogP contribution in [-0.4, -0.2) is 38.7 Å². The number of phenolic OH excluding ortho intramolecular Hbond substituents is 1. The van der Waals surface area contributed by atoms with Crippen molar-refractivity contribution in [3.05, 3.63) is 58.8 Å². The Morgan fingerprint density at radius 2 is 1.57 bits per heavy atom. The topological polar surface area (TPSA) is 114 Å². The minimum atomic E-state index is -3.91. The van der Waals surface area contributed by atoms with Crippen LogP contribution in [0.25, 0.3) is 0 Å². The summed E-state index contributed by atoms with van der Waals surface area (Å²) >= 11 is 6.48. The van der Waals surface area contributed by atoms with Crippen LogP contribution in [0.15, 0.2) is 53.1 Å². The van der Waals surface area contributed by atoms with Gasteiger partial charge in [-0.3, -0.25) is 0 Å². The SMILES string of the molecule is CCCCCCCCCCCCC(CNS(=O)(=O)c1ccc(NC(=CC(=O)OCC)CC)c(Cl)c1)Oc1ccc(O)c(C(C)(C)C)c1. The summed E-state index contributed by atoms with van der Waals surface area (Å²) in [5.74, 6) is 0.326. The third-order valence-electron chi connectivity index (χ3n) is 7.97. The average Bonchev–Trinajstić information content (AvgIpc) is 3.01. The third-order valence-corrected chi connectivity index (χ3v) is 9.70. The fraction of sp³-hybridized carbons (Fsp3) is 0.595. The van der Waals surface area contributed by atoms with Crippen molar-refractivity contribution in [2.24, 2.45) is 0 Å². The van der Waals surface area contributed by atoms with E-state index >= 15 is 0 Å². The maximum Gasteiger partial charge on any atom is 0.332 e. The van der Waals surface area contributed by atoms with E-state index in [0.29, 0.717) is 30.0 Å². The van der Waals surface area contributed by atoms with Gasteiger partial charge in [-0.1, -0.05) is 104 Å². The number of esters is 1. The van der Waals surface area contributed by atoms with Crippen LogP contribution in [-0.2, 0) is 25.0 Å². The molecule has 0 aliphatic heterocycles. The molecule has 264 valence electrons. The van der Waals surface area contributed by atoms with Crippen LogP contribution in [0.3, 0.4) is 0 Å². The molecule has 0 amide bonds. The summed E-state index contributed by atoms with van der Waals surface area (Å²) in [5, 5.41) is 13.7. The van der Waals surface area contributed by atoms with Crippen LogP contribution in [0, 0.1) is 0 Å². The monoisotopic (exact) mass is 692 g/mol. The number of anilines is 1. The van der Waals surface area contributed by atoms with Gasteiger partial charge in [-0.05, 0) is 68.0 Å². The zero-order valence-electron chi connectivity index (χ0n) is 29.3. The van der Waals surface area contributed by atoms with Crippen molar-refractivity contribution < 1.29 is 27.8 Å². The Morgan fingerprint density at radius 3 is 2.15 bits per heavy atom. The first-order chi connectivity index (χ1) is 22.3. The van der Waals surface area contributed by atoms with Crippen LogP contribution < -0.4 is 14.8 Å². The number of phenols is 1. The molecule has 2 aromatic carbocycles. The normalized spacial score (nSPS) is 13.0. The molecule has 2 rings (SSSR count). The van der Waals surface area contributed by atoms with Gasteiger partial charge >= 0.3 is 5.97 Å². The lowest BCUT2D eigenvalue weighted by atomic mass is 9.86. The van der Waals surface area contributed by atoms with E-state index in [1.165, 1.54) is 63.2 Å². The van der Waals surface area contributed by atoms with Crippen LogP contribution in [0.4, 0.5) is 5.69 Å². The molecule has 0 bridgehead atoms. The lowest BCUT2D eigenvalue weighted by Crippen LogP contribution is -2.35. The second-order valence-corrected chi connectivity index (χ2v) is 15.2. The van der Waals surface area contributed by atoms with Gasteiger partial charge < -0.3 is 19.9 Å². The molecule has 0 fully saturated rings. The Hall–Kier alpha value is -2.75. The van der Waals surface area contributed by atoms with Crippen LogP contribution in [0.5, 0.6) is 11.5 Å². The van der Waals surface area contributed by atoms with Crippen molar-refractivity contribution in [3.63, 3.8) is 0 Å². The summed E-state index contributed by atoms with van der Waals surface area (Å²) < 4.78 is 40.8. The Morgan fingerprint density at radius 1 is 0.936 bits per heavy atom. The van der Waals surface area contributed by atoms with Gasteiger partial charge in [0, 0.05) is 23.9 Å². The summed E-state index contributed by atoms with van der Waals surface area (Å²) in [6.07, 6.45) is 14.2. The summed E-state index contributed by atoms with van der Waals surface area (Å²) in [6, 6.07) is 9.62. The van der Waals surface area contributed by atoms with Crippen LogP contribution in [0.2, 0.25) is 5.02 Å². The molecule has 0 saturated carbocycles. The Balaban J connectivity index is 2.10. The Kier molecular flexibility index (Phi) is 17.7. The number of carbonyl (C=O) groups excluding carboxylic acids is 1. The zero-order chi connectivity index (χ0) is 34.9. The van der Waals surface area contributed by atoms with Gasteiger partial charge in [-0.15, -0.1) is 0 Å². The maximum atomic E-state index is 13.4. The lowest BCUT2D eigenvalue weighted by molar-refractivity contribution is -0.137. The first-order valence-corrected chi connectivity index (χ1v) is 19.1. The van der Waals surface area contributed by atoms with Crippen molar-refractivity contribution in [1.82, 2.24) is 4.72 Å². The average molecular weight is 693 g/mol. The van der Waals surface area contributed by atoms with Gasteiger partial charge in [-0.25, -0.2) is 17.9 Å². The molecule has 0 heterocycles. The number of hydrogen-bond donors (Lipinski definition) is 3. The molecule has 0 spiro atoms. The van der Waals surface area contributed by atoms with Gasteiger partial charge in [0.25, 0.3) is 0 Å². The molecule has 0 aromatic heterocycles. The van der Waals surface area contributed by atoms with E-state index < -0.39 is 22.1 Å². The van der Waals surface area contributed by atoms with Crippen molar-refractivity contribution in [3.8, 4) is 11.5 Å². The number of ether oxygens (including phenoxy) is 2. The van der Waals surface area contributed by atoms with Gasteiger partial charge in [0.2, 0.25) is 10.0 Å². The molecule has 8 nitrogen and oxygen atoms in total. The molecule has 3 N–H and O–H groups in total. The zero-order valence-corrected chi connectivity index (χ0v) is 30.9. The minimum Gasteiger partial charge on any atom is -0.508 e. The predicted octanol–water partition coefficient (Wildman–Crippen LogP) is 9.65. The second-order valence-electron chi connectivity index (χ2n) is 13.0. The van der Waals surface area contributed by atoms with Crippen molar-refractivity contribution >= 4 is 33.3 Å². The van der Waals surface area contributed by atoms with E-state index in [0.717, 1.165) is 24.8 Å². The van der Waals surface area contributed by atoms with Gasteiger partial charge in [0.1, 0.15) is 17.6 Å². The van der Waals surface area contributed by atoms with Crippen LogP contribution >= 0.6 is 11.6 Å². The molecule has 1 unspecified atom stereocenters. The predicted molar refractivity (Wildman–Crippen MR) is 193 cm³/mol. The number of unbranched alkanes of at least 4 members (excludes halogenated alkanes) is 9. The number of sulfonamides is 1. The molecule has 0 radical (unpaired) electrons. The smallest absolute Gasteiger partial charge is 0.332 e. The number of halogens is 1. The molecular formula is C37H57ClN2O6S. The summed E-state index contributed by atoms with van der Waals surface area (Å²) in [6.45, 7) is 12.3. The molecule has 0 saturated heterocycles. The number of hydrogen-bond acceptors (Lipinski definition) is 7. The van der Waals surface area contributed by atoms with E-state index in [4.69, 9.17) is 21.1 Å². The fourth-order valence-electron chi connectivity index (χ4n) is 5.22. The number of allylic oxidation sites excluding steroid dienone is 1. The third kappa shape index (κ3) is 14.9. The number of rotatable bonds is 22. The highest BCUT2D eigenvalue weighted by Gasteiger charge is 2.22. The van der Waals surface area contributed by atoms with Gasteiger partial charge in [-0.2, -0.15) is 0 Å². The van der Waals surface area contributed by atoms with E-state index in [-0.39, 0.29) is 34.2 Å². The lowest BCUT2D eigenvalue weighted by Gasteiger charge is -2.24. The maximum absolute atomic E-state index is 13.4. The summed E-state index contributed by atoms with van der Waals surface area (Å²) in [5.41, 5.74) is 1.55. The number of nitrogens with one attached hydrogen (secondary N) is 2. The second kappa shape index (κ2) is 20.6. The standard InChI is InChI=1S/C37H57ClN2O6S/c1-7-10-11-12-13-14-15-16-17-18-19-30(46-29-20-23-35(41)32(25-29)37(4,5)6)27-39-47(43,44)31-21-22-34(33(38)26-31)40-28(8-2)24-36(42)45-9-3/h20-26,30,39-41H,7-19,27H2,1-6H3. The Labute approximate surface area is 288 Å². The number of aromatic hydroxyl groups is 1. The van der Waals surface area contributed by atoms with Crippen molar-refractivity contribution in [1.29, 1.82) is 0 Å². The number of benzene rings is 2. The number of carbonyl (C=O) groups is 1. The quantitative estimate of drug-likeness (QED) is 0.0640. The largest absolute Gasteiger partial charge is 0.508 e. The summed E-state index contributed by atoms with van der Waals surface area (Å²) in [7, 11) is -3.91. The molecule has 1 atom stereocenters. The molecule has 0 aliphatic carbocycles. The molecule has 47 heavy (non-hydrogen) atoms. The fourth-order valence-corrected chi connectivity index (χ4v) is 6.60. The van der Waals surface area contributed by atoms with Gasteiger partial charge in [0.15, 0.2) is 0 Å². The van der Waals surface area contributed by atoms with E-state index in [9.17, 15) is 18.3 Å². The highest BCUT2D eigenvalue weighted by Crippen LogP contribution is 2.34.